The molecule has 32 heavy (non-hydrogen) atoms. The number of hydrogen-bond donors (Lipinski definition) is 2. The van der Waals surface area contributed by atoms with Crippen molar-refractivity contribution in [1.82, 2.24) is 4.98 Å². The van der Waals surface area contributed by atoms with Gasteiger partial charge in [0.2, 0.25) is 0 Å². The Bertz CT molecular complexity index is 1320. The number of nitrogens with zero attached hydrogens (tertiary/aromatic N) is 1. The number of carbonyl (C=O) groups is 2. The maximum Gasteiger partial charge on any atom is 0.272 e. The lowest BCUT2D eigenvalue weighted by molar-refractivity contribution is 0.101. The van der Waals surface area contributed by atoms with Crippen LogP contribution >= 0.6 is 0 Å². The highest BCUT2D eigenvalue weighted by molar-refractivity contribution is 7.74. The van der Waals surface area contributed by atoms with E-state index in [9.17, 15) is 18.4 Å². The molecule has 8 nitrogen and oxygen atoms in total. The number of ketones is 1. The number of benzene rings is 3. The summed E-state index contributed by atoms with van der Waals surface area (Å²) < 4.78 is 26.0. The number of anilines is 2. The van der Waals surface area contributed by atoms with E-state index in [2.05, 4.69) is 14.6 Å². The van der Waals surface area contributed by atoms with Crippen LogP contribution in [0.1, 0.15) is 26.4 Å². The first kappa shape index (κ1) is 21.4. The first-order valence-corrected chi connectivity index (χ1v) is 10.6. The molecule has 0 fully saturated rings. The Kier molecular flexibility index (Phi) is 6.13. The Morgan fingerprint density at radius 3 is 2.47 bits per heavy atom. The highest BCUT2D eigenvalue weighted by atomic mass is 32.2. The standard InChI is InChI=1S/C23H19N3O5S/c1-26(31-32(29)30)19-11-10-16-13-21(25-20(16)14-19)23(28)24-18-9-5-8-17(12-18)22(27)15-6-3-2-4-7-15/h2-14,25H,1H3,(H,24,28)(H,29,30)/p-1. The number of hydroxylamine groups is 1. The van der Waals surface area contributed by atoms with Crippen LogP contribution < -0.4 is 10.4 Å². The van der Waals surface area contributed by atoms with Crippen molar-refractivity contribution < 1.29 is 22.6 Å². The topological polar surface area (TPSA) is 115 Å². The second-order valence-electron chi connectivity index (χ2n) is 6.96. The van der Waals surface area contributed by atoms with Crippen LogP contribution in [0.15, 0.2) is 78.9 Å². The molecule has 0 radical (unpaired) electrons. The predicted octanol–water partition coefficient (Wildman–Crippen LogP) is 3.81. The molecular weight excluding hydrogens is 430 g/mol. The number of carbonyl (C=O) groups excluding carboxylic acids is 2. The zero-order valence-corrected chi connectivity index (χ0v) is 17.7. The first-order chi connectivity index (χ1) is 15.4. The van der Waals surface area contributed by atoms with Gasteiger partial charge in [0.1, 0.15) is 17.1 Å². The van der Waals surface area contributed by atoms with Crippen molar-refractivity contribution in [3.63, 3.8) is 0 Å². The third-order valence-electron chi connectivity index (χ3n) is 4.81. The van der Waals surface area contributed by atoms with E-state index in [0.717, 1.165) is 10.4 Å². The minimum atomic E-state index is -2.69. The van der Waals surface area contributed by atoms with E-state index in [1.165, 1.54) is 7.05 Å². The van der Waals surface area contributed by atoms with Gasteiger partial charge in [-0.15, -0.1) is 0 Å². The SMILES string of the molecule is CN(OS(=O)[O-])c1ccc2cc(C(=O)Nc3cccc(C(=O)c4ccccc4)c3)[nH]c2c1. The number of fused-ring (bicyclic) bond motifs is 1. The summed E-state index contributed by atoms with van der Waals surface area (Å²) in [6.45, 7) is 0. The third kappa shape index (κ3) is 4.75. The molecule has 0 aliphatic carbocycles. The van der Waals surface area contributed by atoms with Crippen molar-refractivity contribution in [2.75, 3.05) is 17.4 Å². The number of amides is 1. The summed E-state index contributed by atoms with van der Waals surface area (Å²) in [7, 11) is 1.46. The van der Waals surface area contributed by atoms with Gasteiger partial charge in [-0.25, -0.2) is 9.27 Å². The van der Waals surface area contributed by atoms with Crippen LogP contribution in [0.4, 0.5) is 11.4 Å². The van der Waals surface area contributed by atoms with Crippen LogP contribution in [0.5, 0.6) is 0 Å². The summed E-state index contributed by atoms with van der Waals surface area (Å²) in [4.78, 5) is 28.4. The maximum atomic E-state index is 12.8. The molecule has 1 unspecified atom stereocenters. The van der Waals surface area contributed by atoms with Crippen LogP contribution in [0.2, 0.25) is 0 Å². The molecule has 1 amide bonds. The van der Waals surface area contributed by atoms with Crippen LogP contribution in [-0.2, 0) is 15.6 Å². The molecule has 0 spiro atoms. The van der Waals surface area contributed by atoms with E-state index >= 15 is 0 Å². The van der Waals surface area contributed by atoms with Crippen LogP contribution in [0, 0.1) is 0 Å². The maximum absolute atomic E-state index is 12.8. The zero-order chi connectivity index (χ0) is 22.7. The number of rotatable bonds is 7. The van der Waals surface area contributed by atoms with Gasteiger partial charge in [0.05, 0.1) is 5.69 Å². The molecule has 2 N–H and O–H groups in total. The highest BCUT2D eigenvalue weighted by Crippen LogP contribution is 2.23. The van der Waals surface area contributed by atoms with Crippen molar-refractivity contribution in [1.29, 1.82) is 0 Å². The molecule has 1 heterocycles. The second-order valence-corrected chi connectivity index (χ2v) is 7.52. The summed E-state index contributed by atoms with van der Waals surface area (Å²) >= 11 is -2.69. The van der Waals surface area contributed by atoms with E-state index in [-0.39, 0.29) is 11.7 Å². The molecule has 0 bridgehead atoms. The number of H-pyrrole nitrogens is 1. The minimum Gasteiger partial charge on any atom is -0.748 e. The van der Waals surface area contributed by atoms with Gasteiger partial charge in [-0.3, -0.25) is 9.59 Å². The van der Waals surface area contributed by atoms with Gasteiger partial charge in [0.15, 0.2) is 5.78 Å². The molecule has 3 aromatic carbocycles. The number of nitrogens with one attached hydrogen (secondary N) is 2. The van der Waals surface area contributed by atoms with Gasteiger partial charge in [-0.05, 0) is 30.3 Å². The van der Waals surface area contributed by atoms with Gasteiger partial charge in [0.25, 0.3) is 5.91 Å². The second kappa shape index (κ2) is 9.15. The minimum absolute atomic E-state index is 0.134. The van der Waals surface area contributed by atoms with Crippen LogP contribution in [0.3, 0.4) is 0 Å². The molecule has 9 heteroatoms. The Hall–Kier alpha value is -3.79. The Labute approximate surface area is 186 Å². The fraction of sp³-hybridized carbons (Fsp3) is 0.0435. The van der Waals surface area contributed by atoms with Crippen LogP contribution in [-0.4, -0.2) is 32.5 Å². The fourth-order valence-corrected chi connectivity index (χ4v) is 3.53. The summed E-state index contributed by atoms with van der Waals surface area (Å²) in [5.41, 5.74) is 2.96. The molecule has 0 aliphatic rings. The molecule has 162 valence electrons. The first-order valence-electron chi connectivity index (χ1n) is 9.56. The molecule has 0 aliphatic heterocycles. The van der Waals surface area contributed by atoms with Gasteiger partial charge >= 0.3 is 0 Å². The van der Waals surface area contributed by atoms with Crippen molar-refractivity contribution in [2.24, 2.45) is 0 Å². The molecule has 1 aromatic heterocycles. The Morgan fingerprint density at radius 1 is 0.969 bits per heavy atom. The van der Waals surface area contributed by atoms with Crippen molar-refractivity contribution in [2.45, 2.75) is 0 Å². The quantitative estimate of drug-likeness (QED) is 0.252. The largest absolute Gasteiger partial charge is 0.748 e. The lowest BCUT2D eigenvalue weighted by Gasteiger charge is -2.18. The van der Waals surface area contributed by atoms with Crippen LogP contribution in [0.25, 0.3) is 10.9 Å². The van der Waals surface area contributed by atoms with Gasteiger partial charge in [-0.1, -0.05) is 48.5 Å². The van der Waals surface area contributed by atoms with E-state index in [1.807, 2.05) is 6.07 Å². The predicted molar refractivity (Wildman–Crippen MR) is 121 cm³/mol. The lowest BCUT2D eigenvalue weighted by atomic mass is 10.0. The molecule has 4 aromatic rings. The summed E-state index contributed by atoms with van der Waals surface area (Å²) in [5.74, 6) is -0.512. The summed E-state index contributed by atoms with van der Waals surface area (Å²) in [6, 6.07) is 22.4. The monoisotopic (exact) mass is 448 g/mol. The Balaban J connectivity index is 1.52. The molecule has 1 atom stereocenters. The summed E-state index contributed by atoms with van der Waals surface area (Å²) in [6.07, 6.45) is 0. The molecule has 0 saturated carbocycles. The molecular formula is C23H18N3O5S-. The fourth-order valence-electron chi connectivity index (χ4n) is 3.26. The average Bonchev–Trinajstić information content (AvgIpc) is 3.22. The van der Waals surface area contributed by atoms with Gasteiger partial charge in [0, 0.05) is 34.8 Å². The van der Waals surface area contributed by atoms with Gasteiger partial charge in [-0.2, -0.15) is 4.28 Å². The third-order valence-corrected chi connectivity index (χ3v) is 5.15. The number of aromatic amines is 1. The van der Waals surface area contributed by atoms with Crippen molar-refractivity contribution in [3.05, 3.63) is 95.7 Å². The Morgan fingerprint density at radius 2 is 1.72 bits per heavy atom. The van der Waals surface area contributed by atoms with Gasteiger partial charge < -0.3 is 14.9 Å². The number of aromatic nitrogens is 1. The number of hydrogen-bond acceptors (Lipinski definition) is 6. The average molecular weight is 448 g/mol. The van der Waals surface area contributed by atoms with Crippen molar-refractivity contribution in [3.8, 4) is 0 Å². The van der Waals surface area contributed by atoms with E-state index in [0.29, 0.717) is 33.7 Å². The van der Waals surface area contributed by atoms with E-state index < -0.39 is 11.4 Å². The lowest BCUT2D eigenvalue weighted by Crippen LogP contribution is -2.18. The highest BCUT2D eigenvalue weighted by Gasteiger charge is 2.13. The molecule has 4 rings (SSSR count). The zero-order valence-electron chi connectivity index (χ0n) is 16.9. The van der Waals surface area contributed by atoms with E-state index in [1.54, 1.807) is 72.8 Å². The normalized spacial score (nSPS) is 11.8. The van der Waals surface area contributed by atoms with Crippen molar-refractivity contribution >= 4 is 45.3 Å². The summed E-state index contributed by atoms with van der Waals surface area (Å²) in [5, 5.41) is 4.65. The van der Waals surface area contributed by atoms with E-state index in [4.69, 9.17) is 0 Å². The molecule has 0 saturated heterocycles. The smallest absolute Gasteiger partial charge is 0.272 e.